The monoisotopic (exact) mass is 252 g/mol. The molecule has 0 saturated carbocycles. The van der Waals surface area contributed by atoms with Crippen LogP contribution in [0.1, 0.15) is 49.3 Å². The minimum atomic E-state index is -0.313. The van der Waals surface area contributed by atoms with E-state index in [-0.39, 0.29) is 12.8 Å². The van der Waals surface area contributed by atoms with Crippen LogP contribution in [-0.4, -0.2) is 18.4 Å². The summed E-state index contributed by atoms with van der Waals surface area (Å²) in [5, 5.41) is 9.85. The lowest BCUT2D eigenvalue weighted by atomic mass is 9.89. The molecule has 2 rings (SSSR count). The van der Waals surface area contributed by atoms with Crippen molar-refractivity contribution in [3.05, 3.63) is 29.3 Å². The molecule has 100 valence electrons. The van der Waals surface area contributed by atoms with E-state index in [9.17, 15) is 9.50 Å². The SMILES string of the molecule is OC1CCCc2cc(OCCCCCF)ccc21. The Balaban J connectivity index is 1.87. The maximum Gasteiger partial charge on any atom is 0.119 e. The molecule has 0 heterocycles. The maximum atomic E-state index is 11.9. The predicted octanol–water partition coefficient (Wildman–Crippen LogP) is 3.57. The molecule has 0 bridgehead atoms. The Morgan fingerprint density at radius 2 is 2.17 bits per heavy atom. The average Bonchev–Trinajstić information content (AvgIpc) is 2.39. The van der Waals surface area contributed by atoms with Gasteiger partial charge in [-0.15, -0.1) is 0 Å². The lowest BCUT2D eigenvalue weighted by Crippen LogP contribution is -2.09. The Bertz CT molecular complexity index is 379. The Morgan fingerprint density at radius 3 is 3.00 bits per heavy atom. The fraction of sp³-hybridized carbons (Fsp3) is 0.600. The van der Waals surface area contributed by atoms with E-state index in [0.29, 0.717) is 13.0 Å². The molecule has 1 aliphatic rings. The van der Waals surface area contributed by atoms with Crippen LogP contribution < -0.4 is 4.74 Å². The largest absolute Gasteiger partial charge is 0.494 e. The standard InChI is InChI=1S/C15H21FO2/c16-9-2-1-3-10-18-13-7-8-14-12(11-13)5-4-6-15(14)17/h7-8,11,15,17H,1-6,9-10H2. The number of aryl methyl sites for hydroxylation is 1. The molecule has 0 aliphatic heterocycles. The van der Waals surface area contributed by atoms with Crippen LogP contribution in [0.3, 0.4) is 0 Å². The molecule has 1 unspecified atom stereocenters. The highest BCUT2D eigenvalue weighted by molar-refractivity contribution is 5.38. The molecule has 0 saturated heterocycles. The van der Waals surface area contributed by atoms with E-state index < -0.39 is 0 Å². The second-order valence-corrected chi connectivity index (χ2v) is 4.87. The highest BCUT2D eigenvalue weighted by Crippen LogP contribution is 2.31. The van der Waals surface area contributed by atoms with E-state index in [0.717, 1.165) is 43.4 Å². The molecule has 1 aromatic carbocycles. The summed E-state index contributed by atoms with van der Waals surface area (Å²) >= 11 is 0. The van der Waals surface area contributed by atoms with Gasteiger partial charge in [-0.25, -0.2) is 0 Å². The van der Waals surface area contributed by atoms with Gasteiger partial charge in [0.05, 0.1) is 19.4 Å². The van der Waals surface area contributed by atoms with Gasteiger partial charge in [-0.2, -0.15) is 0 Å². The van der Waals surface area contributed by atoms with Crippen molar-refractivity contribution in [3.8, 4) is 5.75 Å². The van der Waals surface area contributed by atoms with Gasteiger partial charge in [0.25, 0.3) is 0 Å². The molecule has 1 aromatic rings. The van der Waals surface area contributed by atoms with E-state index in [1.165, 1.54) is 5.56 Å². The Labute approximate surface area is 108 Å². The summed E-state index contributed by atoms with van der Waals surface area (Å²) in [7, 11) is 0. The lowest BCUT2D eigenvalue weighted by molar-refractivity contribution is 0.156. The fourth-order valence-electron chi connectivity index (χ4n) is 2.42. The number of unbranched alkanes of at least 4 members (excludes halogenated alkanes) is 2. The molecular formula is C15H21FO2. The van der Waals surface area contributed by atoms with Crippen LogP contribution in [0.5, 0.6) is 5.75 Å². The van der Waals surface area contributed by atoms with Gasteiger partial charge in [0.2, 0.25) is 0 Å². The number of aliphatic hydroxyl groups excluding tert-OH is 1. The van der Waals surface area contributed by atoms with Crippen molar-refractivity contribution in [2.75, 3.05) is 13.3 Å². The number of hydrogen-bond acceptors (Lipinski definition) is 2. The smallest absolute Gasteiger partial charge is 0.119 e. The number of fused-ring (bicyclic) bond motifs is 1. The van der Waals surface area contributed by atoms with E-state index in [1.807, 2.05) is 18.2 Å². The third-order valence-corrected chi connectivity index (χ3v) is 3.44. The molecule has 18 heavy (non-hydrogen) atoms. The van der Waals surface area contributed by atoms with Crippen molar-refractivity contribution in [1.29, 1.82) is 0 Å². The first-order valence-electron chi connectivity index (χ1n) is 6.81. The summed E-state index contributed by atoms with van der Waals surface area (Å²) in [4.78, 5) is 0. The molecule has 0 amide bonds. The fourth-order valence-corrected chi connectivity index (χ4v) is 2.42. The second kappa shape index (κ2) is 6.74. The molecule has 0 fully saturated rings. The first-order chi connectivity index (χ1) is 8.81. The molecule has 3 heteroatoms. The van der Waals surface area contributed by atoms with Crippen LogP contribution in [0.15, 0.2) is 18.2 Å². The summed E-state index contributed by atoms with van der Waals surface area (Å²) in [6, 6.07) is 5.92. The number of aliphatic hydroxyl groups is 1. The van der Waals surface area contributed by atoms with Gasteiger partial charge >= 0.3 is 0 Å². The first-order valence-corrected chi connectivity index (χ1v) is 6.81. The Kier molecular flexibility index (Phi) is 5.00. The summed E-state index contributed by atoms with van der Waals surface area (Å²) in [5.74, 6) is 0.864. The van der Waals surface area contributed by atoms with Crippen LogP contribution >= 0.6 is 0 Å². The van der Waals surface area contributed by atoms with Crippen LogP contribution in [0, 0.1) is 0 Å². The van der Waals surface area contributed by atoms with Crippen molar-refractivity contribution in [2.45, 2.75) is 44.6 Å². The van der Waals surface area contributed by atoms with Crippen LogP contribution in [0.25, 0.3) is 0 Å². The van der Waals surface area contributed by atoms with Crippen LogP contribution in [-0.2, 0) is 6.42 Å². The van der Waals surface area contributed by atoms with Crippen LogP contribution in [0.2, 0.25) is 0 Å². The van der Waals surface area contributed by atoms with Crippen molar-refractivity contribution >= 4 is 0 Å². The summed E-state index contributed by atoms with van der Waals surface area (Å²) in [5.41, 5.74) is 2.25. The minimum absolute atomic E-state index is 0.239. The Morgan fingerprint density at radius 1 is 1.28 bits per heavy atom. The topological polar surface area (TPSA) is 29.5 Å². The van der Waals surface area contributed by atoms with Crippen LogP contribution in [0.4, 0.5) is 4.39 Å². The van der Waals surface area contributed by atoms with Gasteiger partial charge in [0.15, 0.2) is 0 Å². The van der Waals surface area contributed by atoms with E-state index >= 15 is 0 Å². The molecule has 0 aromatic heterocycles. The van der Waals surface area contributed by atoms with Crippen molar-refractivity contribution in [1.82, 2.24) is 0 Å². The number of benzene rings is 1. The number of ether oxygens (including phenoxy) is 1. The Hall–Kier alpha value is -1.09. The van der Waals surface area contributed by atoms with Crippen molar-refractivity contribution < 1.29 is 14.2 Å². The highest BCUT2D eigenvalue weighted by Gasteiger charge is 2.17. The minimum Gasteiger partial charge on any atom is -0.494 e. The molecule has 0 spiro atoms. The number of halogens is 1. The molecular weight excluding hydrogens is 231 g/mol. The summed E-state index contributed by atoms with van der Waals surface area (Å²) in [6.07, 6.45) is 4.99. The zero-order chi connectivity index (χ0) is 12.8. The number of hydrogen-bond donors (Lipinski definition) is 1. The summed E-state index contributed by atoms with van der Waals surface area (Å²) in [6.45, 7) is 0.401. The first kappa shape index (κ1) is 13.3. The summed E-state index contributed by atoms with van der Waals surface area (Å²) < 4.78 is 17.6. The van der Waals surface area contributed by atoms with Crippen molar-refractivity contribution in [2.24, 2.45) is 0 Å². The van der Waals surface area contributed by atoms with E-state index in [4.69, 9.17) is 4.74 Å². The lowest BCUT2D eigenvalue weighted by Gasteiger charge is -2.21. The van der Waals surface area contributed by atoms with E-state index in [1.54, 1.807) is 0 Å². The van der Waals surface area contributed by atoms with Gasteiger partial charge in [-0.1, -0.05) is 6.07 Å². The van der Waals surface area contributed by atoms with Gasteiger partial charge in [-0.3, -0.25) is 4.39 Å². The second-order valence-electron chi connectivity index (χ2n) is 4.87. The molecule has 1 atom stereocenters. The molecule has 1 aliphatic carbocycles. The number of rotatable bonds is 6. The van der Waals surface area contributed by atoms with Gasteiger partial charge < -0.3 is 9.84 Å². The zero-order valence-electron chi connectivity index (χ0n) is 10.7. The average molecular weight is 252 g/mol. The highest BCUT2D eigenvalue weighted by atomic mass is 19.1. The van der Waals surface area contributed by atoms with Gasteiger partial charge in [-0.05, 0) is 61.8 Å². The van der Waals surface area contributed by atoms with Crippen molar-refractivity contribution in [3.63, 3.8) is 0 Å². The van der Waals surface area contributed by atoms with Gasteiger partial charge in [0.1, 0.15) is 5.75 Å². The maximum absolute atomic E-state index is 11.9. The third kappa shape index (κ3) is 3.45. The van der Waals surface area contributed by atoms with Gasteiger partial charge in [0, 0.05) is 0 Å². The molecule has 1 N–H and O–H groups in total. The number of alkyl halides is 1. The third-order valence-electron chi connectivity index (χ3n) is 3.44. The molecule has 0 radical (unpaired) electrons. The normalized spacial score (nSPS) is 18.4. The quantitative estimate of drug-likeness (QED) is 0.784. The van der Waals surface area contributed by atoms with E-state index in [2.05, 4.69) is 0 Å². The predicted molar refractivity (Wildman–Crippen MR) is 69.7 cm³/mol. The molecule has 2 nitrogen and oxygen atoms in total. The zero-order valence-corrected chi connectivity index (χ0v) is 10.7.